The first-order valence-corrected chi connectivity index (χ1v) is 15.5. The Morgan fingerprint density at radius 1 is 1.17 bits per heavy atom. The van der Waals surface area contributed by atoms with E-state index in [1.54, 1.807) is 4.72 Å². The molecule has 0 radical (unpaired) electrons. The molecule has 0 unspecified atom stereocenters. The number of carbonyl (C=O) groups excluding carboxylic acids is 2. The quantitative estimate of drug-likeness (QED) is 0.270. The van der Waals surface area contributed by atoms with Gasteiger partial charge in [-0.05, 0) is 30.7 Å². The fraction of sp³-hybridized carbons (Fsp3) is 0.500. The zero-order valence-electron chi connectivity index (χ0n) is 22.6. The van der Waals surface area contributed by atoms with E-state index in [-0.39, 0.29) is 21.6 Å². The molecule has 1 aliphatic rings. The highest BCUT2D eigenvalue weighted by molar-refractivity contribution is 7.89. The molecule has 1 saturated carbocycles. The SMILES string of the molecule is C[C@H](NS(=O)(=O)c1ccc(-c2sc(-c3cc(CC(C)(C)C)on3)nc2CC2CCC2)c(Cl)c1Cl)C(F)(F)F.O=C=O. The van der Waals surface area contributed by atoms with E-state index in [9.17, 15) is 21.6 Å². The van der Waals surface area contributed by atoms with Gasteiger partial charge >= 0.3 is 12.3 Å². The van der Waals surface area contributed by atoms with Gasteiger partial charge in [-0.1, -0.05) is 74.5 Å². The average Bonchev–Trinajstić information content (AvgIpc) is 3.43. The van der Waals surface area contributed by atoms with Crippen LogP contribution in [-0.4, -0.2) is 36.9 Å². The molecule has 8 nitrogen and oxygen atoms in total. The lowest BCUT2D eigenvalue weighted by Crippen LogP contribution is -2.43. The molecule has 4 rings (SSSR count). The minimum absolute atomic E-state index is 0.0132. The number of hydrogen-bond acceptors (Lipinski definition) is 8. The minimum atomic E-state index is -4.76. The average molecular weight is 655 g/mol. The summed E-state index contributed by atoms with van der Waals surface area (Å²) in [6.07, 6.45) is 0.218. The smallest absolute Gasteiger partial charge is 0.361 e. The maximum Gasteiger partial charge on any atom is 0.404 e. The predicted molar refractivity (Wildman–Crippen MR) is 148 cm³/mol. The lowest BCUT2D eigenvalue weighted by atomic mass is 9.82. The van der Waals surface area contributed by atoms with Crippen LogP contribution in [0.2, 0.25) is 10.0 Å². The Hall–Kier alpha value is -2.28. The lowest BCUT2D eigenvalue weighted by molar-refractivity contribution is -0.191. The van der Waals surface area contributed by atoms with Gasteiger partial charge in [0, 0.05) is 18.1 Å². The van der Waals surface area contributed by atoms with Crippen LogP contribution in [0.5, 0.6) is 0 Å². The van der Waals surface area contributed by atoms with Crippen molar-refractivity contribution in [1.29, 1.82) is 0 Å². The van der Waals surface area contributed by atoms with Gasteiger partial charge in [-0.2, -0.15) is 27.5 Å². The number of nitrogens with one attached hydrogen (secondary N) is 1. The van der Waals surface area contributed by atoms with Crippen LogP contribution < -0.4 is 4.72 Å². The van der Waals surface area contributed by atoms with Crippen LogP contribution in [0.15, 0.2) is 27.6 Å². The van der Waals surface area contributed by atoms with Gasteiger partial charge in [0.1, 0.15) is 27.4 Å². The van der Waals surface area contributed by atoms with E-state index < -0.39 is 27.1 Å². The van der Waals surface area contributed by atoms with E-state index in [4.69, 9.17) is 42.3 Å². The summed E-state index contributed by atoms with van der Waals surface area (Å²) in [7, 11) is -4.59. The number of alkyl halides is 3. The number of thiazole rings is 1. The number of halogens is 5. The molecule has 224 valence electrons. The molecule has 0 amide bonds. The monoisotopic (exact) mass is 653 g/mol. The van der Waals surface area contributed by atoms with Crippen molar-refractivity contribution < 1.29 is 35.7 Å². The summed E-state index contributed by atoms with van der Waals surface area (Å²) in [5.41, 5.74) is 1.84. The van der Waals surface area contributed by atoms with Crippen molar-refractivity contribution in [3.05, 3.63) is 39.7 Å². The van der Waals surface area contributed by atoms with Crippen molar-refractivity contribution in [2.24, 2.45) is 11.3 Å². The van der Waals surface area contributed by atoms with E-state index in [0.29, 0.717) is 46.8 Å². The summed E-state index contributed by atoms with van der Waals surface area (Å²) in [6, 6.07) is 2.18. The Morgan fingerprint density at radius 2 is 1.80 bits per heavy atom. The second-order valence-electron chi connectivity index (χ2n) is 10.9. The Morgan fingerprint density at radius 3 is 2.34 bits per heavy atom. The zero-order chi connectivity index (χ0) is 30.8. The van der Waals surface area contributed by atoms with Crippen molar-refractivity contribution in [3.8, 4) is 21.1 Å². The predicted octanol–water partition coefficient (Wildman–Crippen LogP) is 7.35. The van der Waals surface area contributed by atoms with Gasteiger partial charge < -0.3 is 4.52 Å². The fourth-order valence-corrected chi connectivity index (χ4v) is 7.31. The van der Waals surface area contributed by atoms with Crippen LogP contribution in [0.3, 0.4) is 0 Å². The van der Waals surface area contributed by atoms with Gasteiger partial charge in [-0.3, -0.25) is 0 Å². The number of aromatic nitrogens is 2. The number of rotatable bonds is 8. The molecule has 41 heavy (non-hydrogen) atoms. The fourth-order valence-electron chi connectivity index (χ4n) is 4.08. The third-order valence-corrected chi connectivity index (χ3v) is 10.0. The Labute approximate surface area is 249 Å². The molecule has 15 heteroatoms. The lowest BCUT2D eigenvalue weighted by Gasteiger charge is -2.24. The molecule has 0 aliphatic heterocycles. The first-order valence-electron chi connectivity index (χ1n) is 12.5. The molecule has 1 fully saturated rings. The van der Waals surface area contributed by atoms with Crippen molar-refractivity contribution in [2.75, 3.05) is 0 Å². The van der Waals surface area contributed by atoms with Crippen LogP contribution in [0.1, 0.15) is 58.4 Å². The van der Waals surface area contributed by atoms with Gasteiger partial charge in [-0.25, -0.2) is 13.4 Å². The summed E-state index contributed by atoms with van der Waals surface area (Å²) in [5.74, 6) is 1.21. The number of nitrogens with zero attached hydrogens (tertiary/aromatic N) is 2. The molecule has 1 aromatic carbocycles. The second-order valence-corrected chi connectivity index (χ2v) is 14.4. The Balaban J connectivity index is 0.00000147. The van der Waals surface area contributed by atoms with Crippen molar-refractivity contribution in [3.63, 3.8) is 0 Å². The van der Waals surface area contributed by atoms with Crippen molar-refractivity contribution >= 4 is 50.7 Å². The van der Waals surface area contributed by atoms with Crippen molar-refractivity contribution in [2.45, 2.75) is 76.9 Å². The first kappa shape index (κ1) is 33.2. The van der Waals surface area contributed by atoms with Gasteiger partial charge in [0.05, 0.1) is 20.6 Å². The zero-order valence-corrected chi connectivity index (χ0v) is 25.7. The Kier molecular flexibility index (Phi) is 10.5. The molecule has 2 heterocycles. The highest BCUT2D eigenvalue weighted by atomic mass is 35.5. The van der Waals surface area contributed by atoms with Crippen LogP contribution in [0, 0.1) is 11.3 Å². The molecule has 0 spiro atoms. The van der Waals surface area contributed by atoms with E-state index in [1.807, 2.05) is 6.07 Å². The number of sulfonamides is 1. The standard InChI is InChI=1S/C25H28Cl2F3N3O3S2.CO2/c1-13(25(28,29)30)33-38(34,35)19-9-8-16(20(26)21(19)27)22-17(10-14-6-5-7-14)31-23(37-22)18-11-15(36-32-18)12-24(2,3)4;2-1-3/h8-9,11,13-14,33H,5-7,10,12H2,1-4H3;/t13-;/m0./s1. The largest absolute Gasteiger partial charge is 0.404 e. The molecule has 2 aromatic heterocycles. The molecular weight excluding hydrogens is 626 g/mol. The first-order chi connectivity index (χ1) is 19.0. The molecule has 1 atom stereocenters. The molecule has 1 N–H and O–H groups in total. The second kappa shape index (κ2) is 12.9. The highest BCUT2D eigenvalue weighted by Crippen LogP contribution is 2.45. The minimum Gasteiger partial charge on any atom is -0.361 e. The van der Waals surface area contributed by atoms with Gasteiger partial charge in [0.2, 0.25) is 10.0 Å². The van der Waals surface area contributed by atoms with Crippen LogP contribution in [0.4, 0.5) is 13.2 Å². The number of hydrogen-bond donors (Lipinski definition) is 1. The molecular formula is C26H28Cl2F3N3O5S2. The van der Waals surface area contributed by atoms with E-state index in [0.717, 1.165) is 30.7 Å². The maximum atomic E-state index is 13.0. The van der Waals surface area contributed by atoms with Crippen LogP contribution in [-0.2, 0) is 32.5 Å². The summed E-state index contributed by atoms with van der Waals surface area (Å²) in [5, 5.41) is 4.39. The third-order valence-electron chi connectivity index (χ3n) is 6.29. The maximum absolute atomic E-state index is 13.0. The topological polar surface area (TPSA) is 119 Å². The van der Waals surface area contributed by atoms with Gasteiger partial charge in [0.25, 0.3) is 0 Å². The van der Waals surface area contributed by atoms with E-state index in [2.05, 4.69) is 25.9 Å². The van der Waals surface area contributed by atoms with Gasteiger partial charge in [0.15, 0.2) is 0 Å². The number of benzene rings is 1. The van der Waals surface area contributed by atoms with E-state index >= 15 is 0 Å². The normalized spacial score (nSPS) is 15.0. The highest BCUT2D eigenvalue weighted by Gasteiger charge is 2.39. The molecule has 1 aliphatic carbocycles. The molecule has 0 saturated heterocycles. The molecule has 0 bridgehead atoms. The summed E-state index contributed by atoms with van der Waals surface area (Å²) in [4.78, 5) is 21.3. The summed E-state index contributed by atoms with van der Waals surface area (Å²) < 4.78 is 71.4. The van der Waals surface area contributed by atoms with Crippen LogP contribution in [0.25, 0.3) is 21.1 Å². The van der Waals surface area contributed by atoms with Gasteiger partial charge in [-0.15, -0.1) is 11.3 Å². The molecule has 3 aromatic rings. The van der Waals surface area contributed by atoms with Crippen LogP contribution >= 0.6 is 34.5 Å². The van der Waals surface area contributed by atoms with Crippen molar-refractivity contribution in [1.82, 2.24) is 14.9 Å². The van der Waals surface area contributed by atoms with E-state index in [1.165, 1.54) is 23.5 Å². The third kappa shape index (κ3) is 8.39. The summed E-state index contributed by atoms with van der Waals surface area (Å²) >= 11 is 14.2. The Bertz CT molecular complexity index is 1520. The summed E-state index contributed by atoms with van der Waals surface area (Å²) in [6.45, 7) is 7.01.